The standard InChI is InChI=1S/C3H5O2.GeH2O/c1-2-3(4)5;1-2/h1-2H2,(H,4,5);1H2. The van der Waals surface area contributed by atoms with Crippen molar-refractivity contribution in [2.75, 3.05) is 0 Å². The molecule has 0 spiro atoms. The summed E-state index contributed by atoms with van der Waals surface area (Å²) in [5.74, 6) is -0.856. The zero-order valence-corrected chi connectivity index (χ0v) is 6.85. The third-order valence-electron chi connectivity index (χ3n) is 0.214. The van der Waals surface area contributed by atoms with Crippen LogP contribution in [0.1, 0.15) is 6.42 Å². The Morgan fingerprint density at radius 1 is 1.71 bits per heavy atom. The summed E-state index contributed by atoms with van der Waals surface area (Å²) in [6, 6.07) is 0. The molecule has 3 nitrogen and oxygen atoms in total. The van der Waals surface area contributed by atoms with E-state index in [1.165, 1.54) is 0 Å². The SMILES string of the molecule is [CH2]CC(=O)O.[O]=[GeH2]. The number of aliphatic carboxylic acids is 1. The summed E-state index contributed by atoms with van der Waals surface area (Å²) in [4.78, 5) is 9.31. The Labute approximate surface area is 50.2 Å². The molecule has 1 radical (unpaired) electrons. The van der Waals surface area contributed by atoms with Crippen LogP contribution < -0.4 is 0 Å². The molecule has 0 saturated carbocycles. The predicted octanol–water partition coefficient (Wildman–Crippen LogP) is -0.740. The van der Waals surface area contributed by atoms with Crippen LogP contribution in [-0.2, 0) is 8.57 Å². The van der Waals surface area contributed by atoms with Crippen LogP contribution in [-0.4, -0.2) is 27.5 Å². The topological polar surface area (TPSA) is 54.4 Å². The summed E-state index contributed by atoms with van der Waals surface area (Å²) < 4.78 is 8.38. The monoisotopic (exact) mass is 165 g/mol. The molecular weight excluding hydrogens is 157 g/mol. The molecule has 1 N–H and O–H groups in total. The first-order chi connectivity index (χ1) is 3.27. The number of hydrogen-bond acceptors (Lipinski definition) is 2. The van der Waals surface area contributed by atoms with Gasteiger partial charge in [0, 0.05) is 6.42 Å². The second-order valence-corrected chi connectivity index (χ2v) is 0.644. The van der Waals surface area contributed by atoms with Crippen LogP contribution in [0.15, 0.2) is 0 Å². The van der Waals surface area contributed by atoms with Crippen molar-refractivity contribution in [2.24, 2.45) is 0 Å². The Kier molecular flexibility index (Phi) is 13.1. The normalized spacial score (nSPS) is 5.86. The number of rotatable bonds is 1. The fourth-order valence-electron chi connectivity index (χ4n) is 0. The molecule has 0 saturated heterocycles. The molecule has 0 heterocycles. The zero-order valence-electron chi connectivity index (χ0n) is 3.89. The zero-order chi connectivity index (χ0) is 6.28. The Bertz CT molecular complexity index is 54.1. The van der Waals surface area contributed by atoms with E-state index in [-0.39, 0.29) is 22.9 Å². The summed E-state index contributed by atoms with van der Waals surface area (Å²) >= 11 is 0.125. The molecule has 0 aliphatic carbocycles. The second kappa shape index (κ2) is 9.26. The van der Waals surface area contributed by atoms with E-state index in [1.54, 1.807) is 0 Å². The van der Waals surface area contributed by atoms with Crippen molar-refractivity contribution < 1.29 is 13.7 Å². The number of carboxylic acids is 1. The van der Waals surface area contributed by atoms with Gasteiger partial charge in [-0.3, -0.25) is 4.79 Å². The Balaban J connectivity index is 0. The number of carbonyl (C=O) groups is 1. The van der Waals surface area contributed by atoms with Gasteiger partial charge in [0.2, 0.25) is 0 Å². The molecule has 0 aliphatic rings. The maximum atomic E-state index is 9.31. The first-order valence-corrected chi connectivity index (χ1v) is 2.78. The fraction of sp³-hybridized carbons (Fsp3) is 0.333. The minimum atomic E-state index is -0.856. The van der Waals surface area contributed by atoms with Gasteiger partial charge in [0.1, 0.15) is 0 Å². The summed E-state index contributed by atoms with van der Waals surface area (Å²) in [5, 5.41) is 7.66. The van der Waals surface area contributed by atoms with E-state index in [0.29, 0.717) is 0 Å². The van der Waals surface area contributed by atoms with Crippen molar-refractivity contribution >= 4 is 22.4 Å². The Morgan fingerprint density at radius 3 is 1.86 bits per heavy atom. The van der Waals surface area contributed by atoms with Crippen molar-refractivity contribution in [1.29, 1.82) is 0 Å². The minimum absolute atomic E-state index is 0.0278. The summed E-state index contributed by atoms with van der Waals surface area (Å²) in [6.45, 7) is 3.09. The molecule has 0 atom stereocenters. The van der Waals surface area contributed by atoms with Crippen LogP contribution in [0, 0.1) is 6.92 Å². The molecule has 0 aromatic carbocycles. The van der Waals surface area contributed by atoms with Gasteiger partial charge >= 0.3 is 26.2 Å². The van der Waals surface area contributed by atoms with Crippen molar-refractivity contribution in [3.05, 3.63) is 6.92 Å². The van der Waals surface area contributed by atoms with E-state index in [1.807, 2.05) is 0 Å². The van der Waals surface area contributed by atoms with Crippen LogP contribution >= 0.6 is 0 Å². The van der Waals surface area contributed by atoms with E-state index < -0.39 is 5.97 Å². The summed E-state index contributed by atoms with van der Waals surface area (Å²) in [5.41, 5.74) is 0. The average molecular weight is 164 g/mol. The van der Waals surface area contributed by atoms with E-state index >= 15 is 0 Å². The molecule has 4 heteroatoms. The van der Waals surface area contributed by atoms with Crippen LogP contribution in [0.2, 0.25) is 0 Å². The van der Waals surface area contributed by atoms with Crippen LogP contribution in [0.5, 0.6) is 0 Å². The predicted molar refractivity (Wildman–Crippen MR) is 26.8 cm³/mol. The molecule has 0 unspecified atom stereocenters. The Morgan fingerprint density at radius 2 is 1.86 bits per heavy atom. The van der Waals surface area contributed by atoms with Gasteiger partial charge in [-0.2, -0.15) is 0 Å². The van der Waals surface area contributed by atoms with Crippen molar-refractivity contribution in [2.45, 2.75) is 6.42 Å². The van der Waals surface area contributed by atoms with Crippen molar-refractivity contribution in [3.8, 4) is 0 Å². The number of carboxylic acid groups (broad SMARTS) is 1. The molecule has 0 aliphatic heterocycles. The molecule has 0 fully saturated rings. The van der Waals surface area contributed by atoms with Crippen molar-refractivity contribution in [3.63, 3.8) is 0 Å². The van der Waals surface area contributed by atoms with Gasteiger partial charge in [0.05, 0.1) is 0 Å². The molecule has 41 valence electrons. The van der Waals surface area contributed by atoms with E-state index in [4.69, 9.17) is 8.88 Å². The van der Waals surface area contributed by atoms with E-state index in [2.05, 4.69) is 6.92 Å². The third-order valence-corrected chi connectivity index (χ3v) is 0.214. The van der Waals surface area contributed by atoms with Gasteiger partial charge in [0.25, 0.3) is 0 Å². The quantitative estimate of drug-likeness (QED) is 0.519. The van der Waals surface area contributed by atoms with Gasteiger partial charge < -0.3 is 5.11 Å². The molecule has 0 rings (SSSR count). The van der Waals surface area contributed by atoms with E-state index in [9.17, 15) is 4.79 Å². The van der Waals surface area contributed by atoms with Crippen LogP contribution in [0.25, 0.3) is 0 Å². The third kappa shape index (κ3) is 25.7. The molecule has 0 aromatic rings. The van der Waals surface area contributed by atoms with Crippen LogP contribution in [0.3, 0.4) is 0 Å². The summed E-state index contributed by atoms with van der Waals surface area (Å²) in [7, 11) is 0. The second-order valence-electron chi connectivity index (χ2n) is 0.644. The van der Waals surface area contributed by atoms with E-state index in [0.717, 1.165) is 0 Å². The maximum absolute atomic E-state index is 9.31. The fourth-order valence-corrected chi connectivity index (χ4v) is 0. The first-order valence-electron chi connectivity index (χ1n) is 1.57. The number of hydrogen-bond donors (Lipinski definition) is 1. The van der Waals surface area contributed by atoms with Gasteiger partial charge in [0.15, 0.2) is 0 Å². The summed E-state index contributed by atoms with van der Waals surface area (Å²) in [6.07, 6.45) is -0.0278. The van der Waals surface area contributed by atoms with Gasteiger partial charge in [-0.15, -0.1) is 0 Å². The van der Waals surface area contributed by atoms with Gasteiger partial charge in [-0.25, -0.2) is 0 Å². The molecular formula is C3H7GeO3. The van der Waals surface area contributed by atoms with Gasteiger partial charge in [-0.1, -0.05) is 0 Å². The Hall–Kier alpha value is -0.187. The van der Waals surface area contributed by atoms with Crippen molar-refractivity contribution in [1.82, 2.24) is 0 Å². The van der Waals surface area contributed by atoms with Gasteiger partial charge in [-0.05, 0) is 6.92 Å². The first kappa shape index (κ1) is 9.94. The molecule has 0 bridgehead atoms. The van der Waals surface area contributed by atoms with Crippen LogP contribution in [0.4, 0.5) is 0 Å². The average Bonchev–Trinajstić information content (AvgIpc) is 1.73. The molecule has 0 aromatic heterocycles. The molecule has 7 heavy (non-hydrogen) atoms. The molecule has 0 amide bonds.